The summed E-state index contributed by atoms with van der Waals surface area (Å²) < 4.78 is 10.5. The molecule has 0 N–H and O–H groups in total. The third-order valence-corrected chi connectivity index (χ3v) is 3.96. The molecule has 1 heterocycles. The molecule has 7 nitrogen and oxygen atoms in total. The van der Waals surface area contributed by atoms with E-state index >= 15 is 0 Å². The van der Waals surface area contributed by atoms with Gasteiger partial charge in [0.1, 0.15) is 12.4 Å². The van der Waals surface area contributed by atoms with E-state index in [2.05, 4.69) is 0 Å². The number of esters is 1. The fourth-order valence-electron chi connectivity index (χ4n) is 2.52. The van der Waals surface area contributed by atoms with Gasteiger partial charge in [0.2, 0.25) is 5.78 Å². The minimum Gasteiger partial charge on any atom is -0.488 e. The van der Waals surface area contributed by atoms with Gasteiger partial charge in [0.05, 0.1) is 10.5 Å². The highest BCUT2D eigenvalue weighted by atomic mass is 16.6. The molecular formula is C19H15NO6. The summed E-state index contributed by atoms with van der Waals surface area (Å²) >= 11 is 0. The van der Waals surface area contributed by atoms with Crippen molar-refractivity contribution in [2.45, 2.75) is 6.92 Å². The molecule has 0 unspecified atom stereocenters. The molecule has 132 valence electrons. The van der Waals surface area contributed by atoms with E-state index in [1.54, 1.807) is 25.1 Å². The number of fused-ring (bicyclic) bond motifs is 1. The Labute approximate surface area is 149 Å². The van der Waals surface area contributed by atoms with Crippen molar-refractivity contribution in [1.82, 2.24) is 0 Å². The Balaban J connectivity index is 1.67. The molecule has 0 spiro atoms. The van der Waals surface area contributed by atoms with Crippen LogP contribution in [0.1, 0.15) is 21.5 Å². The molecule has 3 rings (SSSR count). The third kappa shape index (κ3) is 3.61. The SMILES string of the molecule is Cc1ccc(C(=O)COC(=O)C2=Cc3ccccc3OC2)cc1[N+](=O)[O-]. The van der Waals surface area contributed by atoms with Crippen LogP contribution >= 0.6 is 0 Å². The van der Waals surface area contributed by atoms with Crippen LogP contribution in [0.15, 0.2) is 48.0 Å². The predicted molar refractivity (Wildman–Crippen MR) is 93.0 cm³/mol. The van der Waals surface area contributed by atoms with Crippen LogP contribution in [-0.4, -0.2) is 29.9 Å². The second-order valence-electron chi connectivity index (χ2n) is 5.75. The summed E-state index contributed by atoms with van der Waals surface area (Å²) in [6, 6.07) is 11.4. The minimum atomic E-state index is -0.658. The second kappa shape index (κ2) is 7.18. The fourth-order valence-corrected chi connectivity index (χ4v) is 2.52. The van der Waals surface area contributed by atoms with Gasteiger partial charge in [-0.15, -0.1) is 0 Å². The van der Waals surface area contributed by atoms with Gasteiger partial charge in [-0.1, -0.05) is 30.3 Å². The van der Waals surface area contributed by atoms with Crippen molar-refractivity contribution in [1.29, 1.82) is 0 Å². The minimum absolute atomic E-state index is 0.0556. The molecule has 0 amide bonds. The summed E-state index contributed by atoms with van der Waals surface area (Å²) in [5.74, 6) is -0.499. The van der Waals surface area contributed by atoms with Crippen molar-refractivity contribution in [2.24, 2.45) is 0 Å². The summed E-state index contributed by atoms with van der Waals surface area (Å²) in [7, 11) is 0. The predicted octanol–water partition coefficient (Wildman–Crippen LogP) is 3.11. The molecule has 0 saturated carbocycles. The molecule has 1 aliphatic rings. The lowest BCUT2D eigenvalue weighted by atomic mass is 10.1. The molecule has 0 atom stereocenters. The van der Waals surface area contributed by atoms with E-state index in [-0.39, 0.29) is 17.9 Å². The second-order valence-corrected chi connectivity index (χ2v) is 5.75. The summed E-state index contributed by atoms with van der Waals surface area (Å²) in [5, 5.41) is 11.0. The molecule has 2 aromatic carbocycles. The Morgan fingerprint density at radius 3 is 2.77 bits per heavy atom. The van der Waals surface area contributed by atoms with Crippen LogP contribution in [0.5, 0.6) is 5.75 Å². The molecule has 0 fully saturated rings. The third-order valence-electron chi connectivity index (χ3n) is 3.96. The lowest BCUT2D eigenvalue weighted by Gasteiger charge is -2.16. The van der Waals surface area contributed by atoms with Gasteiger partial charge in [0.25, 0.3) is 5.69 Å². The number of carbonyl (C=O) groups is 2. The first kappa shape index (κ1) is 17.3. The van der Waals surface area contributed by atoms with Crippen molar-refractivity contribution >= 4 is 23.5 Å². The van der Waals surface area contributed by atoms with Gasteiger partial charge in [0.15, 0.2) is 6.61 Å². The van der Waals surface area contributed by atoms with Crippen molar-refractivity contribution in [3.05, 3.63) is 74.8 Å². The normalized spacial score (nSPS) is 12.4. The number of nitro groups is 1. The van der Waals surface area contributed by atoms with Gasteiger partial charge >= 0.3 is 5.97 Å². The first-order valence-corrected chi connectivity index (χ1v) is 7.83. The largest absolute Gasteiger partial charge is 0.488 e. The first-order chi connectivity index (χ1) is 12.5. The standard InChI is InChI=1S/C19H15NO6/c1-12-6-7-13(9-16(12)20(23)24)17(21)11-26-19(22)15-8-14-4-2-3-5-18(14)25-10-15/h2-9H,10-11H2,1H3. The van der Waals surface area contributed by atoms with Crippen LogP contribution in [0.25, 0.3) is 6.08 Å². The lowest BCUT2D eigenvalue weighted by Crippen LogP contribution is -2.20. The molecule has 1 aliphatic heterocycles. The Hall–Kier alpha value is -3.48. The topological polar surface area (TPSA) is 95.7 Å². The molecular weight excluding hydrogens is 338 g/mol. The van der Waals surface area contributed by atoms with E-state index in [9.17, 15) is 19.7 Å². The van der Waals surface area contributed by atoms with E-state index in [0.717, 1.165) is 5.56 Å². The van der Waals surface area contributed by atoms with Crippen LogP contribution < -0.4 is 4.74 Å². The van der Waals surface area contributed by atoms with E-state index < -0.39 is 23.3 Å². The number of carbonyl (C=O) groups excluding carboxylic acids is 2. The highest BCUT2D eigenvalue weighted by molar-refractivity contribution is 6.01. The van der Waals surface area contributed by atoms with Crippen LogP contribution in [0, 0.1) is 17.0 Å². The van der Waals surface area contributed by atoms with Gasteiger partial charge < -0.3 is 9.47 Å². The fraction of sp³-hybridized carbons (Fsp3) is 0.158. The van der Waals surface area contributed by atoms with Crippen LogP contribution in [-0.2, 0) is 9.53 Å². The van der Waals surface area contributed by atoms with E-state index in [1.165, 1.54) is 18.2 Å². The lowest BCUT2D eigenvalue weighted by molar-refractivity contribution is -0.385. The summed E-state index contributed by atoms with van der Waals surface area (Å²) in [4.78, 5) is 34.7. The monoisotopic (exact) mass is 353 g/mol. The van der Waals surface area contributed by atoms with Crippen molar-refractivity contribution < 1.29 is 24.0 Å². The highest BCUT2D eigenvalue weighted by Gasteiger charge is 2.20. The van der Waals surface area contributed by atoms with Gasteiger partial charge in [-0.3, -0.25) is 14.9 Å². The Bertz CT molecular complexity index is 931. The van der Waals surface area contributed by atoms with Gasteiger partial charge in [0, 0.05) is 22.8 Å². The molecule has 0 bridgehead atoms. The van der Waals surface area contributed by atoms with Gasteiger partial charge in [-0.05, 0) is 19.1 Å². The Morgan fingerprint density at radius 2 is 2.00 bits per heavy atom. The number of hydrogen-bond acceptors (Lipinski definition) is 6. The number of nitrogens with zero attached hydrogens (tertiary/aromatic N) is 1. The number of Topliss-reactive ketones (excluding diaryl/α,β-unsaturated/α-hetero) is 1. The van der Waals surface area contributed by atoms with Gasteiger partial charge in [-0.25, -0.2) is 4.79 Å². The maximum Gasteiger partial charge on any atom is 0.337 e. The number of aryl methyl sites for hydroxylation is 1. The summed E-state index contributed by atoms with van der Waals surface area (Å²) in [6.45, 7) is 1.14. The number of hydrogen-bond donors (Lipinski definition) is 0. The van der Waals surface area contributed by atoms with Crippen molar-refractivity contribution in [3.63, 3.8) is 0 Å². The van der Waals surface area contributed by atoms with Crippen molar-refractivity contribution in [2.75, 3.05) is 13.2 Å². The molecule has 0 radical (unpaired) electrons. The molecule has 0 aliphatic carbocycles. The zero-order valence-electron chi connectivity index (χ0n) is 13.9. The molecule has 0 aromatic heterocycles. The zero-order valence-corrected chi connectivity index (χ0v) is 13.9. The van der Waals surface area contributed by atoms with E-state index in [0.29, 0.717) is 16.9 Å². The maximum absolute atomic E-state index is 12.2. The quantitative estimate of drug-likeness (QED) is 0.355. The molecule has 0 saturated heterocycles. The van der Waals surface area contributed by atoms with E-state index in [4.69, 9.17) is 9.47 Å². The highest BCUT2D eigenvalue weighted by Crippen LogP contribution is 2.26. The average molecular weight is 353 g/mol. The number of benzene rings is 2. The number of ether oxygens (including phenoxy) is 2. The van der Waals surface area contributed by atoms with Crippen LogP contribution in [0.3, 0.4) is 0 Å². The summed E-state index contributed by atoms with van der Waals surface area (Å²) in [6.07, 6.45) is 1.66. The molecule has 2 aromatic rings. The zero-order chi connectivity index (χ0) is 18.7. The van der Waals surface area contributed by atoms with Gasteiger partial charge in [-0.2, -0.15) is 0 Å². The number of para-hydroxylation sites is 1. The first-order valence-electron chi connectivity index (χ1n) is 7.83. The maximum atomic E-state index is 12.2. The van der Waals surface area contributed by atoms with Crippen LogP contribution in [0.2, 0.25) is 0 Å². The van der Waals surface area contributed by atoms with E-state index in [1.807, 2.05) is 12.1 Å². The summed E-state index contributed by atoms with van der Waals surface area (Å²) in [5.41, 5.74) is 1.47. The number of ketones is 1. The molecule has 7 heteroatoms. The van der Waals surface area contributed by atoms with Crippen LogP contribution in [0.4, 0.5) is 5.69 Å². The number of rotatable bonds is 5. The Kier molecular flexibility index (Phi) is 4.79. The van der Waals surface area contributed by atoms with Crippen molar-refractivity contribution in [3.8, 4) is 5.75 Å². The number of nitro benzene ring substituents is 1. The Morgan fingerprint density at radius 1 is 1.23 bits per heavy atom. The average Bonchev–Trinajstić information content (AvgIpc) is 2.65. The smallest absolute Gasteiger partial charge is 0.337 e. The molecule has 26 heavy (non-hydrogen) atoms.